The number of hydrogen-bond donors (Lipinski definition) is 9. The number of aliphatic hydroxyl groups excluding tert-OH is 3. The number of aromatic carboxylic acids is 1. The van der Waals surface area contributed by atoms with Gasteiger partial charge in [0.15, 0.2) is 16.9 Å². The van der Waals surface area contributed by atoms with Gasteiger partial charge < -0.3 is 65.0 Å². The maximum absolute atomic E-state index is 13.6. The molecular weight excluding hydrogens is 1240 g/mol. The first kappa shape index (κ1) is 64.6. The van der Waals surface area contributed by atoms with Crippen LogP contribution >= 0.6 is 11.3 Å². The number of benzene rings is 3. The van der Waals surface area contributed by atoms with Crippen LogP contribution in [0.1, 0.15) is 97.3 Å². The van der Waals surface area contributed by atoms with Crippen LogP contribution in [-0.2, 0) is 51.3 Å². The average Bonchev–Trinajstić information content (AvgIpc) is 0.823. The number of amides is 6. The number of pyridine rings is 1. The lowest BCUT2D eigenvalue weighted by molar-refractivity contribution is -0.271. The van der Waals surface area contributed by atoms with Gasteiger partial charge in [-0.1, -0.05) is 55.5 Å². The van der Waals surface area contributed by atoms with Crippen molar-refractivity contribution in [3.8, 4) is 28.3 Å². The number of aliphatic carboxylic acids is 1. The zero-order chi connectivity index (χ0) is 66.6. The number of carboxylic acid groups (broad SMARTS) is 2. The number of aliphatic hydroxyl groups is 3. The monoisotopic (exact) mass is 1310 g/mol. The molecule has 7 atom stereocenters. The van der Waals surface area contributed by atoms with E-state index in [0.717, 1.165) is 76.9 Å². The molecule has 6 amide bonds. The van der Waals surface area contributed by atoms with Crippen molar-refractivity contribution in [1.29, 1.82) is 0 Å². The van der Waals surface area contributed by atoms with Gasteiger partial charge in [0.2, 0.25) is 18.1 Å². The van der Waals surface area contributed by atoms with Crippen molar-refractivity contribution in [3.63, 3.8) is 0 Å². The Kier molecular flexibility index (Phi) is 17.5. The first-order valence-electron chi connectivity index (χ1n) is 30.7. The normalized spacial score (nSPS) is 25.2. The summed E-state index contributed by atoms with van der Waals surface area (Å²) in [4.78, 5) is 117. The van der Waals surface area contributed by atoms with Gasteiger partial charge in [-0.05, 0) is 116 Å². The molecule has 7 aromatic rings. The van der Waals surface area contributed by atoms with Crippen molar-refractivity contribution in [2.24, 2.45) is 16.2 Å². The van der Waals surface area contributed by atoms with Gasteiger partial charge in [0.05, 0.1) is 56.8 Å². The number of ether oxygens (including phenoxy) is 4. The minimum absolute atomic E-state index is 0.0565. The number of H-pyrrole nitrogens is 1. The van der Waals surface area contributed by atoms with E-state index in [1.807, 2.05) is 48.0 Å². The molecule has 6 heterocycles. The number of carbonyl (C=O) groups is 8. The van der Waals surface area contributed by atoms with E-state index in [0.29, 0.717) is 50.8 Å². The highest BCUT2D eigenvalue weighted by Gasteiger charge is 2.66. The smallest absolute Gasteiger partial charge is 0.409 e. The first-order chi connectivity index (χ1) is 44.8. The van der Waals surface area contributed by atoms with E-state index < -0.39 is 78.0 Å². The zero-order valence-corrected chi connectivity index (χ0v) is 52.6. The molecule has 6 aliphatic rings. The van der Waals surface area contributed by atoms with E-state index in [1.54, 1.807) is 37.5 Å². The summed E-state index contributed by atoms with van der Waals surface area (Å²) in [7, 11) is 1.58. The molecule has 4 bridgehead atoms. The highest BCUT2D eigenvalue weighted by Crippen LogP contribution is 2.72. The quantitative estimate of drug-likeness (QED) is 0.0313. The number of fused-ring (bicyclic) bond motifs is 2. The highest BCUT2D eigenvalue weighted by atomic mass is 32.1. The summed E-state index contributed by atoms with van der Waals surface area (Å²) in [6, 6.07) is 22.5. The number of nitrogens with one attached hydrogen (secondary N) is 4. The Hall–Kier alpha value is -9.45. The molecule has 28 heteroatoms. The van der Waals surface area contributed by atoms with Crippen LogP contribution in [0.3, 0.4) is 0 Å². The third kappa shape index (κ3) is 13.3. The standard InChI is InChI=1S/C66H70N10O17S/c1-35-40(38-13-14-41(70-52(38)58(85)86)43-25-37-8-7-9-39(51(37)71-43)57(84)73-61-72-42-10-5-6-11-46(42)94-61)26-68-76(35)34-65-29-63(2)28-64(3,30-65)32-66(31-63,33-65)91-23-22-74(4)62(89)90-27-36-12-15-45(92-60-55(83)53(81)54(82)56(93-60)59(87)88)44(24-36)69-48(78)18-20-67-47(77)19-21-75-49(79)16-17-50(75)80/h5-17,24-26,53-56,60,71,81-83H,18-23,27-34H2,1-4H3,(H,67,77)(H,69,78)(H,85,86)(H,87,88)(H,72,73,84)/t53-,54-,55+,56-,60+,63?,64?,65?,66?/m0/s1. The van der Waals surface area contributed by atoms with Crippen LogP contribution in [0.4, 0.5) is 15.6 Å². The largest absolute Gasteiger partial charge is 0.479 e. The number of para-hydroxylation sites is 2. The Labute approximate surface area is 541 Å². The predicted molar refractivity (Wildman–Crippen MR) is 338 cm³/mol. The minimum atomic E-state index is -2.00. The van der Waals surface area contributed by atoms with Gasteiger partial charge in [0, 0.05) is 80.4 Å². The van der Waals surface area contributed by atoms with Crippen molar-refractivity contribution in [1.82, 2.24) is 39.8 Å². The Morgan fingerprint density at radius 1 is 0.819 bits per heavy atom. The maximum atomic E-state index is 13.6. The molecule has 4 saturated carbocycles. The molecule has 5 fully saturated rings. The number of hydrogen-bond acceptors (Lipinski definition) is 19. The summed E-state index contributed by atoms with van der Waals surface area (Å²) in [5.41, 5.74) is 3.75. The summed E-state index contributed by atoms with van der Waals surface area (Å²) in [6.45, 7) is 6.87. The summed E-state index contributed by atoms with van der Waals surface area (Å²) in [5.74, 6) is -5.67. The zero-order valence-electron chi connectivity index (χ0n) is 51.8. The number of anilines is 2. The van der Waals surface area contributed by atoms with E-state index >= 15 is 0 Å². The second-order valence-corrected chi connectivity index (χ2v) is 27.1. The van der Waals surface area contributed by atoms with Crippen LogP contribution in [0.2, 0.25) is 0 Å². The van der Waals surface area contributed by atoms with Crippen LogP contribution < -0.4 is 20.7 Å². The number of nitrogens with zero attached hydrogens (tertiary/aromatic N) is 6. The Morgan fingerprint density at radius 2 is 1.57 bits per heavy atom. The number of rotatable bonds is 23. The van der Waals surface area contributed by atoms with Crippen molar-refractivity contribution < 1.29 is 82.8 Å². The predicted octanol–water partition coefficient (Wildman–Crippen LogP) is 6.40. The molecule has 27 nitrogen and oxygen atoms in total. The molecule has 1 saturated heterocycles. The number of carbonyl (C=O) groups excluding carboxylic acids is 6. The molecule has 9 N–H and O–H groups in total. The lowest BCUT2D eigenvalue weighted by Crippen LogP contribution is -2.64. The third-order valence-corrected chi connectivity index (χ3v) is 19.3. The molecule has 13 rings (SSSR count). The van der Waals surface area contributed by atoms with Gasteiger partial charge in [0.25, 0.3) is 17.7 Å². The lowest BCUT2D eigenvalue weighted by Gasteiger charge is -2.69. The molecule has 492 valence electrons. The molecular formula is C66H70N10O17S. The number of imide groups is 1. The summed E-state index contributed by atoms with van der Waals surface area (Å²) in [6.07, 6.45) is -1.76. The average molecular weight is 1310 g/mol. The van der Waals surface area contributed by atoms with Crippen molar-refractivity contribution in [2.75, 3.05) is 43.9 Å². The molecule has 2 unspecified atom stereocenters. The second kappa shape index (κ2) is 25.5. The highest BCUT2D eigenvalue weighted by molar-refractivity contribution is 7.22. The molecule has 0 radical (unpaired) electrons. The number of thiazole rings is 1. The molecule has 3 aromatic carbocycles. The van der Waals surface area contributed by atoms with Gasteiger partial charge in [-0.3, -0.25) is 38.9 Å². The van der Waals surface area contributed by atoms with Gasteiger partial charge >= 0.3 is 18.0 Å². The fraction of sp³-hybridized carbons (Fsp3) is 0.409. The molecule has 4 aliphatic carbocycles. The van der Waals surface area contributed by atoms with Crippen LogP contribution in [0.15, 0.2) is 97.2 Å². The Morgan fingerprint density at radius 3 is 2.31 bits per heavy atom. The number of carboxylic acids is 2. The minimum Gasteiger partial charge on any atom is -0.479 e. The van der Waals surface area contributed by atoms with E-state index in [1.165, 1.54) is 34.4 Å². The van der Waals surface area contributed by atoms with Gasteiger partial charge in [0.1, 0.15) is 30.7 Å². The second-order valence-electron chi connectivity index (χ2n) is 26.0. The van der Waals surface area contributed by atoms with Crippen molar-refractivity contribution in [2.45, 2.75) is 122 Å². The fourth-order valence-electron chi connectivity index (χ4n) is 15.3. The van der Waals surface area contributed by atoms with E-state index in [4.69, 9.17) is 24.0 Å². The number of aromatic nitrogens is 5. The maximum Gasteiger partial charge on any atom is 0.409 e. The Balaban J connectivity index is 0.682. The molecule has 2 aliphatic heterocycles. The molecule has 4 aromatic heterocycles. The fourth-order valence-corrected chi connectivity index (χ4v) is 16.1. The van der Waals surface area contributed by atoms with Gasteiger partial charge in [-0.2, -0.15) is 5.10 Å². The van der Waals surface area contributed by atoms with E-state index in [2.05, 4.69) is 44.7 Å². The number of likely N-dealkylation sites (N-methyl/N-ethyl adjacent to an activating group) is 1. The van der Waals surface area contributed by atoms with E-state index in [-0.39, 0.29) is 85.0 Å². The molecule has 0 spiro atoms. The SMILES string of the molecule is Cc1c(-c2ccc(-c3cc4cccc(C(=O)Nc5nc6ccccc6s5)c4[nH]3)nc2C(=O)O)cnn1CC12CC3(C)CC(C)(C1)CC(OCCN(C)C(=O)OCc1ccc(O[C@@H]4O[C@H](C(=O)O)[C@@H](O)[C@H](O)[C@H]4O)c(NC(=O)CCNC(=O)CCN4C(=O)C=CC4=O)c1)(C3)C2. The van der Waals surface area contributed by atoms with Gasteiger partial charge in [-0.25, -0.2) is 24.4 Å². The Bertz CT molecular complexity index is 4170. The summed E-state index contributed by atoms with van der Waals surface area (Å²) < 4.78 is 26.7. The lowest BCUT2D eigenvalue weighted by atomic mass is 9.39. The molecule has 94 heavy (non-hydrogen) atoms. The van der Waals surface area contributed by atoms with Crippen molar-refractivity contribution >= 4 is 90.8 Å². The van der Waals surface area contributed by atoms with Crippen LogP contribution in [-0.4, -0.2) is 177 Å². The van der Waals surface area contributed by atoms with Crippen LogP contribution in [0.5, 0.6) is 5.75 Å². The van der Waals surface area contributed by atoms with Gasteiger partial charge in [-0.15, -0.1) is 0 Å². The summed E-state index contributed by atoms with van der Waals surface area (Å²) >= 11 is 1.38. The van der Waals surface area contributed by atoms with Crippen molar-refractivity contribution in [3.05, 3.63) is 120 Å². The van der Waals surface area contributed by atoms with Crippen LogP contribution in [0, 0.1) is 23.2 Å². The summed E-state index contributed by atoms with van der Waals surface area (Å²) in [5, 5.41) is 65.9. The third-order valence-electron chi connectivity index (χ3n) is 18.3. The van der Waals surface area contributed by atoms with Crippen LogP contribution in [0.25, 0.3) is 43.6 Å². The van der Waals surface area contributed by atoms with E-state index in [9.17, 15) is 63.9 Å². The first-order valence-corrected chi connectivity index (χ1v) is 31.5. The topological polar surface area (TPSA) is 377 Å². The number of aromatic amines is 1.